The van der Waals surface area contributed by atoms with Gasteiger partial charge in [-0.15, -0.1) is 11.8 Å². The number of Topliss-reactive ketones (excluding diaryl/α,β-unsaturated/α-hetero) is 1. The number of carbonyl (C=O) groups excluding carboxylic acids is 3. The summed E-state index contributed by atoms with van der Waals surface area (Å²) in [6.45, 7) is 5.92. The van der Waals surface area contributed by atoms with Crippen LogP contribution in [0, 0.1) is 0 Å². The van der Waals surface area contributed by atoms with Gasteiger partial charge in [0.25, 0.3) is 0 Å². The maximum absolute atomic E-state index is 14.2. The molecule has 1 aliphatic rings. The minimum absolute atomic E-state index is 0.114. The molecule has 0 unspecified atom stereocenters. The number of nitrogens with zero attached hydrogens (tertiary/aromatic N) is 1. The van der Waals surface area contributed by atoms with Gasteiger partial charge < -0.3 is 19.7 Å². The minimum Gasteiger partial charge on any atom is -0.449 e. The second kappa shape index (κ2) is 17.2. The highest BCUT2D eigenvalue weighted by molar-refractivity contribution is 8.00. The molecule has 0 aliphatic heterocycles. The van der Waals surface area contributed by atoms with Gasteiger partial charge in [-0.1, -0.05) is 140 Å². The number of amides is 2. The molecule has 0 saturated heterocycles. The molecular weight excluding hydrogens is 693 g/mol. The van der Waals surface area contributed by atoms with Gasteiger partial charge in [-0.2, -0.15) is 0 Å². The van der Waals surface area contributed by atoms with Gasteiger partial charge in [0, 0.05) is 31.7 Å². The predicted octanol–water partition coefficient (Wildman–Crippen LogP) is 9.84. The lowest BCUT2D eigenvalue weighted by Crippen LogP contribution is -2.44. The van der Waals surface area contributed by atoms with Crippen LogP contribution >= 0.6 is 11.8 Å². The zero-order valence-corrected chi connectivity index (χ0v) is 32.2. The molecule has 1 aliphatic carbocycles. The third-order valence-electron chi connectivity index (χ3n) is 9.65. The van der Waals surface area contributed by atoms with Crippen LogP contribution in [0.15, 0.2) is 140 Å². The average Bonchev–Trinajstić information content (AvgIpc) is 3.50. The maximum Gasteiger partial charge on any atom is 0.410 e. The summed E-state index contributed by atoms with van der Waals surface area (Å²) in [5, 5.41) is 2.97. The molecule has 1 N–H and O–H groups in total. The van der Waals surface area contributed by atoms with Crippen molar-refractivity contribution < 1.29 is 23.9 Å². The van der Waals surface area contributed by atoms with E-state index in [2.05, 4.69) is 66.0 Å². The van der Waals surface area contributed by atoms with Crippen LogP contribution in [-0.4, -0.2) is 60.5 Å². The van der Waals surface area contributed by atoms with Crippen LogP contribution in [0.25, 0.3) is 11.1 Å². The number of alkyl carbamates (subject to hydrolysis) is 1. The summed E-state index contributed by atoms with van der Waals surface area (Å²) in [6.07, 6.45) is -0.538. The minimum atomic E-state index is -0.868. The number of benzene rings is 5. The molecule has 8 heteroatoms. The number of fused-ring (bicyclic) bond motifs is 3. The first kappa shape index (κ1) is 38.4. The van der Waals surface area contributed by atoms with E-state index in [-0.39, 0.29) is 30.5 Å². The molecular formula is C46H48N2O5S. The van der Waals surface area contributed by atoms with Crippen molar-refractivity contribution >= 4 is 29.7 Å². The number of hydrogen-bond donors (Lipinski definition) is 1. The predicted molar refractivity (Wildman–Crippen MR) is 217 cm³/mol. The largest absolute Gasteiger partial charge is 0.449 e. The summed E-state index contributed by atoms with van der Waals surface area (Å²) in [7, 11) is 1.66. The van der Waals surface area contributed by atoms with Crippen molar-refractivity contribution in [2.24, 2.45) is 0 Å². The smallest absolute Gasteiger partial charge is 0.410 e. The molecule has 0 heterocycles. The third-order valence-corrected chi connectivity index (χ3v) is 11.3. The van der Waals surface area contributed by atoms with E-state index in [1.807, 2.05) is 99.6 Å². The van der Waals surface area contributed by atoms with E-state index >= 15 is 0 Å². The van der Waals surface area contributed by atoms with E-state index in [0.717, 1.165) is 38.9 Å². The lowest BCUT2D eigenvalue weighted by molar-refractivity contribution is -0.120. The summed E-state index contributed by atoms with van der Waals surface area (Å²) in [5.41, 5.74) is 7.04. The Labute approximate surface area is 323 Å². The summed E-state index contributed by atoms with van der Waals surface area (Å²) in [5.74, 6) is 0.0116. The Balaban J connectivity index is 1.25. The number of nitrogens with one attached hydrogen (secondary N) is 1. The van der Waals surface area contributed by atoms with Crippen molar-refractivity contribution in [3.63, 3.8) is 0 Å². The zero-order chi connectivity index (χ0) is 38.1. The number of carbonyl (C=O) groups is 3. The van der Waals surface area contributed by atoms with Crippen molar-refractivity contribution in [1.82, 2.24) is 10.2 Å². The van der Waals surface area contributed by atoms with Crippen molar-refractivity contribution in [3.05, 3.63) is 167 Å². The molecule has 5 aromatic rings. The molecule has 54 heavy (non-hydrogen) atoms. The first-order valence-electron chi connectivity index (χ1n) is 18.5. The highest BCUT2D eigenvalue weighted by Crippen LogP contribution is 2.49. The fourth-order valence-electron chi connectivity index (χ4n) is 7.07. The number of ketones is 1. The fraction of sp³-hybridized carbons (Fsp3) is 0.283. The van der Waals surface area contributed by atoms with Gasteiger partial charge in [-0.05, 0) is 66.1 Å². The summed E-state index contributed by atoms with van der Waals surface area (Å²) in [4.78, 5) is 42.0. The van der Waals surface area contributed by atoms with E-state index in [0.29, 0.717) is 13.0 Å². The second-order valence-electron chi connectivity index (χ2n) is 14.6. The summed E-state index contributed by atoms with van der Waals surface area (Å²) >= 11 is 1.61. The van der Waals surface area contributed by atoms with Crippen molar-refractivity contribution in [2.75, 3.05) is 26.0 Å². The number of thioether (sulfide) groups is 1. The fourth-order valence-corrected chi connectivity index (χ4v) is 8.66. The van der Waals surface area contributed by atoms with Crippen LogP contribution in [0.4, 0.5) is 9.59 Å². The summed E-state index contributed by atoms with van der Waals surface area (Å²) < 4.78 is 10.8. The number of ether oxygens (including phenoxy) is 2. The zero-order valence-electron chi connectivity index (χ0n) is 31.4. The van der Waals surface area contributed by atoms with Crippen molar-refractivity contribution in [3.8, 4) is 11.1 Å². The normalized spacial score (nSPS) is 13.0. The third kappa shape index (κ3) is 8.88. The van der Waals surface area contributed by atoms with Gasteiger partial charge in [0.2, 0.25) is 0 Å². The van der Waals surface area contributed by atoms with Crippen LogP contribution < -0.4 is 5.32 Å². The SMILES string of the molecule is CN(CCCC(=O)[C@H](CSC(c1ccccc1)(c1ccccc1)c1ccccc1)NC(=O)OCC1c2ccccc2-c2ccccc21)C(=O)OC(C)(C)C. The average molecular weight is 741 g/mol. The molecule has 1 atom stereocenters. The molecule has 0 aromatic heterocycles. The molecule has 6 rings (SSSR count). The molecule has 0 bridgehead atoms. The van der Waals surface area contributed by atoms with Crippen LogP contribution in [0.5, 0.6) is 0 Å². The summed E-state index contributed by atoms with van der Waals surface area (Å²) in [6, 6.07) is 46.3. The molecule has 5 aromatic carbocycles. The lowest BCUT2D eigenvalue weighted by Gasteiger charge is -2.36. The van der Waals surface area contributed by atoms with Crippen molar-refractivity contribution in [2.45, 2.75) is 55.9 Å². The molecule has 0 saturated carbocycles. The molecule has 7 nitrogen and oxygen atoms in total. The highest BCUT2D eigenvalue weighted by atomic mass is 32.2. The Bertz CT molecular complexity index is 1890. The van der Waals surface area contributed by atoms with Gasteiger partial charge in [0.15, 0.2) is 5.78 Å². The van der Waals surface area contributed by atoms with Crippen molar-refractivity contribution in [1.29, 1.82) is 0 Å². The van der Waals surface area contributed by atoms with Crippen LogP contribution in [0.2, 0.25) is 0 Å². The van der Waals surface area contributed by atoms with Gasteiger partial charge in [-0.3, -0.25) is 4.79 Å². The number of rotatable bonds is 14. The molecule has 0 spiro atoms. The van der Waals surface area contributed by atoms with E-state index in [1.165, 1.54) is 4.90 Å². The van der Waals surface area contributed by atoms with Gasteiger partial charge in [-0.25, -0.2) is 9.59 Å². The second-order valence-corrected chi connectivity index (χ2v) is 15.8. The number of hydrogen-bond acceptors (Lipinski definition) is 6. The van der Waals surface area contributed by atoms with Gasteiger partial charge >= 0.3 is 12.2 Å². The van der Waals surface area contributed by atoms with Crippen LogP contribution in [-0.2, 0) is 19.0 Å². The first-order chi connectivity index (χ1) is 26.1. The highest BCUT2D eigenvalue weighted by Gasteiger charge is 2.39. The maximum atomic E-state index is 14.2. The Hall–Kier alpha value is -5.34. The monoisotopic (exact) mass is 740 g/mol. The Morgan fingerprint density at radius 1 is 0.704 bits per heavy atom. The standard InChI is InChI=1S/C46H48N2O5S/c1-45(2,3)53-44(51)48(4)30-18-29-42(49)41(47-43(50)52-31-40-38-27-16-14-25-36(38)37-26-15-17-28-39(37)40)32-54-46(33-19-8-5-9-20-33,34-21-10-6-11-22-34)35-23-12-7-13-24-35/h5-17,19-28,40-41H,18,29-32H2,1-4H3,(H,47,50)/t41-/m0/s1. The Morgan fingerprint density at radius 3 is 1.65 bits per heavy atom. The van der Waals surface area contributed by atoms with Gasteiger partial charge in [0.05, 0.1) is 10.8 Å². The Morgan fingerprint density at radius 2 is 1.17 bits per heavy atom. The first-order valence-corrected chi connectivity index (χ1v) is 19.4. The van der Waals surface area contributed by atoms with E-state index in [4.69, 9.17) is 9.47 Å². The topological polar surface area (TPSA) is 84.9 Å². The van der Waals surface area contributed by atoms with E-state index < -0.39 is 28.6 Å². The lowest BCUT2D eigenvalue weighted by atomic mass is 9.84. The molecule has 278 valence electrons. The molecule has 0 radical (unpaired) electrons. The van der Waals surface area contributed by atoms with Crippen LogP contribution in [0.1, 0.15) is 67.3 Å². The quantitative estimate of drug-likeness (QED) is 0.114. The van der Waals surface area contributed by atoms with Gasteiger partial charge in [0.1, 0.15) is 12.2 Å². The van der Waals surface area contributed by atoms with E-state index in [1.54, 1.807) is 18.8 Å². The Kier molecular flexibility index (Phi) is 12.2. The molecule has 0 fully saturated rings. The van der Waals surface area contributed by atoms with E-state index in [9.17, 15) is 14.4 Å². The molecule has 2 amide bonds. The van der Waals surface area contributed by atoms with Crippen LogP contribution in [0.3, 0.4) is 0 Å².